The van der Waals surface area contributed by atoms with Crippen LogP contribution >= 0.6 is 0 Å². The molecule has 1 aliphatic rings. The molecule has 1 aliphatic heterocycles. The lowest BCUT2D eigenvalue weighted by atomic mass is 10.0. The Balaban J connectivity index is 1.52. The van der Waals surface area contributed by atoms with Crippen LogP contribution in [0.1, 0.15) is 35.7 Å². The molecule has 1 N–H and O–H groups in total. The predicted octanol–water partition coefficient (Wildman–Crippen LogP) is 2.91. The van der Waals surface area contributed by atoms with E-state index in [0.29, 0.717) is 18.7 Å². The van der Waals surface area contributed by atoms with Crippen molar-refractivity contribution >= 4 is 17.4 Å². The minimum atomic E-state index is -0.109. The van der Waals surface area contributed by atoms with Crippen molar-refractivity contribution in [2.45, 2.75) is 25.8 Å². The second-order valence-electron chi connectivity index (χ2n) is 6.51. The molecule has 3 rings (SSSR count). The number of pyridine rings is 1. The summed E-state index contributed by atoms with van der Waals surface area (Å²) in [5.41, 5.74) is 2.58. The molecule has 0 bridgehead atoms. The normalized spacial score (nSPS) is 15.6. The number of amides is 2. The van der Waals surface area contributed by atoms with E-state index in [9.17, 15) is 9.59 Å². The van der Waals surface area contributed by atoms with Gasteiger partial charge in [-0.3, -0.25) is 14.6 Å². The molecule has 1 aromatic heterocycles. The fraction of sp³-hybridized carbons (Fsp3) is 0.286. The fourth-order valence-electron chi connectivity index (χ4n) is 3.07. The molecule has 1 saturated heterocycles. The maximum Gasteiger partial charge on any atom is 0.253 e. The van der Waals surface area contributed by atoms with E-state index in [4.69, 9.17) is 0 Å². The standard InChI is InChI=1S/C21H23N3O2/c1-16(17-6-3-2-4-7-17)14-20(25)24-12-9-19(10-13-24)23-21(26)18-8-5-11-22-15-18/h2-8,11,14-15,19H,9-10,12-13H2,1H3,(H,23,26)/b16-14+. The Labute approximate surface area is 153 Å². The molecule has 2 heterocycles. The van der Waals surface area contributed by atoms with Gasteiger partial charge in [0.1, 0.15) is 0 Å². The molecule has 5 heteroatoms. The molecule has 0 aliphatic carbocycles. The van der Waals surface area contributed by atoms with Gasteiger partial charge in [0, 0.05) is 37.6 Å². The van der Waals surface area contributed by atoms with Crippen LogP contribution in [0.3, 0.4) is 0 Å². The summed E-state index contributed by atoms with van der Waals surface area (Å²) >= 11 is 0. The highest BCUT2D eigenvalue weighted by Gasteiger charge is 2.23. The first kappa shape index (κ1) is 17.9. The number of aromatic nitrogens is 1. The Bertz CT molecular complexity index is 779. The first-order chi connectivity index (χ1) is 12.6. The zero-order chi connectivity index (χ0) is 18.4. The Morgan fingerprint density at radius 1 is 1.08 bits per heavy atom. The average Bonchev–Trinajstić information content (AvgIpc) is 2.69. The SMILES string of the molecule is C/C(=C\C(=O)N1CCC(NC(=O)c2cccnc2)CC1)c1ccccc1. The largest absolute Gasteiger partial charge is 0.349 e. The molecule has 2 amide bonds. The van der Waals surface area contributed by atoms with E-state index < -0.39 is 0 Å². The third-order valence-electron chi connectivity index (χ3n) is 4.63. The number of nitrogens with one attached hydrogen (secondary N) is 1. The molecule has 0 unspecified atom stereocenters. The molecular formula is C21H23N3O2. The summed E-state index contributed by atoms with van der Waals surface area (Å²) in [5, 5.41) is 3.03. The summed E-state index contributed by atoms with van der Waals surface area (Å²) in [7, 11) is 0. The van der Waals surface area contributed by atoms with Crippen molar-refractivity contribution in [1.82, 2.24) is 15.2 Å². The molecule has 26 heavy (non-hydrogen) atoms. The summed E-state index contributed by atoms with van der Waals surface area (Å²) < 4.78 is 0. The monoisotopic (exact) mass is 349 g/mol. The number of carbonyl (C=O) groups excluding carboxylic acids is 2. The van der Waals surface area contributed by atoms with Gasteiger partial charge in [0.05, 0.1) is 5.56 Å². The molecule has 0 spiro atoms. The zero-order valence-electron chi connectivity index (χ0n) is 14.9. The molecule has 0 saturated carbocycles. The van der Waals surface area contributed by atoms with E-state index in [1.165, 1.54) is 0 Å². The molecule has 2 aromatic rings. The van der Waals surface area contributed by atoms with E-state index in [0.717, 1.165) is 24.0 Å². The minimum absolute atomic E-state index is 0.0309. The number of likely N-dealkylation sites (tertiary alicyclic amines) is 1. The van der Waals surface area contributed by atoms with Crippen LogP contribution in [0, 0.1) is 0 Å². The van der Waals surface area contributed by atoms with Gasteiger partial charge in [-0.25, -0.2) is 0 Å². The van der Waals surface area contributed by atoms with Crippen LogP contribution in [0.15, 0.2) is 60.9 Å². The summed E-state index contributed by atoms with van der Waals surface area (Å²) in [5.74, 6) is -0.0777. The minimum Gasteiger partial charge on any atom is -0.349 e. The quantitative estimate of drug-likeness (QED) is 0.864. The van der Waals surface area contributed by atoms with Crippen LogP contribution < -0.4 is 5.32 Å². The average molecular weight is 349 g/mol. The van der Waals surface area contributed by atoms with Crippen molar-refractivity contribution in [2.24, 2.45) is 0 Å². The molecule has 5 nitrogen and oxygen atoms in total. The summed E-state index contributed by atoms with van der Waals surface area (Å²) in [6.07, 6.45) is 6.42. The smallest absolute Gasteiger partial charge is 0.253 e. The number of rotatable bonds is 4. The number of benzene rings is 1. The topological polar surface area (TPSA) is 62.3 Å². The van der Waals surface area contributed by atoms with Crippen LogP contribution in [-0.4, -0.2) is 40.8 Å². The van der Waals surface area contributed by atoms with Crippen LogP contribution in [-0.2, 0) is 4.79 Å². The molecule has 1 aromatic carbocycles. The molecular weight excluding hydrogens is 326 g/mol. The van der Waals surface area contributed by atoms with Crippen LogP contribution in [0.5, 0.6) is 0 Å². The van der Waals surface area contributed by atoms with Gasteiger partial charge in [0.25, 0.3) is 5.91 Å². The second kappa shape index (κ2) is 8.43. The highest BCUT2D eigenvalue weighted by Crippen LogP contribution is 2.16. The van der Waals surface area contributed by atoms with Crippen LogP contribution in [0.4, 0.5) is 0 Å². The molecule has 0 atom stereocenters. The van der Waals surface area contributed by atoms with Gasteiger partial charge in [-0.05, 0) is 43.0 Å². The molecule has 0 radical (unpaired) electrons. The van der Waals surface area contributed by atoms with E-state index in [1.807, 2.05) is 42.2 Å². The van der Waals surface area contributed by atoms with E-state index in [-0.39, 0.29) is 17.9 Å². The van der Waals surface area contributed by atoms with Crippen molar-refractivity contribution in [3.05, 3.63) is 72.1 Å². The van der Waals surface area contributed by atoms with Crippen molar-refractivity contribution < 1.29 is 9.59 Å². The predicted molar refractivity (Wildman–Crippen MR) is 101 cm³/mol. The van der Waals surface area contributed by atoms with Gasteiger partial charge in [-0.2, -0.15) is 0 Å². The van der Waals surface area contributed by atoms with E-state index in [1.54, 1.807) is 30.6 Å². The van der Waals surface area contributed by atoms with Crippen molar-refractivity contribution in [3.63, 3.8) is 0 Å². The number of hydrogen-bond donors (Lipinski definition) is 1. The number of carbonyl (C=O) groups is 2. The number of hydrogen-bond acceptors (Lipinski definition) is 3. The maximum atomic E-state index is 12.5. The van der Waals surface area contributed by atoms with Gasteiger partial charge >= 0.3 is 0 Å². The second-order valence-corrected chi connectivity index (χ2v) is 6.51. The lowest BCUT2D eigenvalue weighted by Crippen LogP contribution is -2.46. The third kappa shape index (κ3) is 4.57. The first-order valence-electron chi connectivity index (χ1n) is 8.87. The van der Waals surface area contributed by atoms with E-state index in [2.05, 4.69) is 10.3 Å². The zero-order valence-corrected chi connectivity index (χ0v) is 14.9. The Morgan fingerprint density at radius 2 is 1.77 bits per heavy atom. The molecule has 1 fully saturated rings. The summed E-state index contributed by atoms with van der Waals surface area (Å²) in [4.78, 5) is 30.5. The Hall–Kier alpha value is -2.95. The molecule has 134 valence electrons. The van der Waals surface area contributed by atoms with Gasteiger partial charge in [0.2, 0.25) is 5.91 Å². The Kier molecular flexibility index (Phi) is 5.79. The number of piperidine rings is 1. The van der Waals surface area contributed by atoms with Gasteiger partial charge < -0.3 is 10.2 Å². The lowest BCUT2D eigenvalue weighted by Gasteiger charge is -2.32. The summed E-state index contributed by atoms with van der Waals surface area (Å²) in [6, 6.07) is 13.5. The number of allylic oxidation sites excluding steroid dienone is 1. The lowest BCUT2D eigenvalue weighted by molar-refractivity contribution is -0.127. The Morgan fingerprint density at radius 3 is 2.42 bits per heavy atom. The van der Waals surface area contributed by atoms with Crippen molar-refractivity contribution in [1.29, 1.82) is 0 Å². The number of nitrogens with zero attached hydrogens (tertiary/aromatic N) is 2. The fourth-order valence-corrected chi connectivity index (χ4v) is 3.07. The maximum absolute atomic E-state index is 12.5. The van der Waals surface area contributed by atoms with E-state index >= 15 is 0 Å². The van der Waals surface area contributed by atoms with Gasteiger partial charge in [-0.15, -0.1) is 0 Å². The summed E-state index contributed by atoms with van der Waals surface area (Å²) in [6.45, 7) is 3.25. The van der Waals surface area contributed by atoms with Gasteiger partial charge in [0.15, 0.2) is 0 Å². The highest BCUT2D eigenvalue weighted by atomic mass is 16.2. The van der Waals surface area contributed by atoms with Crippen molar-refractivity contribution in [2.75, 3.05) is 13.1 Å². The first-order valence-corrected chi connectivity index (χ1v) is 8.87. The van der Waals surface area contributed by atoms with Crippen LogP contribution in [0.2, 0.25) is 0 Å². The van der Waals surface area contributed by atoms with Crippen LogP contribution in [0.25, 0.3) is 5.57 Å². The third-order valence-corrected chi connectivity index (χ3v) is 4.63. The van der Waals surface area contributed by atoms with Gasteiger partial charge in [-0.1, -0.05) is 30.3 Å². The highest BCUT2D eigenvalue weighted by molar-refractivity contribution is 5.95. The van der Waals surface area contributed by atoms with Crippen molar-refractivity contribution in [3.8, 4) is 0 Å².